The van der Waals surface area contributed by atoms with Gasteiger partial charge in [-0.2, -0.15) is 0 Å². The Bertz CT molecular complexity index is 715. The van der Waals surface area contributed by atoms with Crippen LogP contribution in [0.5, 0.6) is 5.75 Å². The Balaban J connectivity index is 2.20. The van der Waals surface area contributed by atoms with Gasteiger partial charge in [0.05, 0.1) is 25.0 Å². The number of ether oxygens (including phenoxy) is 2. The number of hydrogen-bond acceptors (Lipinski definition) is 5. The standard InChI is InChI=1S/C17H18O4S/c1-4-11-8-12-9-16(22-15(12)10-14(11)20-3)13(18)6-7-17(19)21-5-2/h4,8-10H,1,5-7H2,2-3H3. The number of thiophene rings is 1. The third-order valence-corrected chi connectivity index (χ3v) is 4.36. The zero-order valence-electron chi connectivity index (χ0n) is 12.7. The Labute approximate surface area is 133 Å². The Hall–Kier alpha value is -2.14. The van der Waals surface area contributed by atoms with E-state index < -0.39 is 0 Å². The van der Waals surface area contributed by atoms with Gasteiger partial charge in [0.2, 0.25) is 0 Å². The lowest BCUT2D eigenvalue weighted by molar-refractivity contribution is -0.143. The smallest absolute Gasteiger partial charge is 0.306 e. The summed E-state index contributed by atoms with van der Waals surface area (Å²) in [5.74, 6) is 0.343. The average Bonchev–Trinajstić information content (AvgIpc) is 2.94. The fraction of sp³-hybridized carbons (Fsp3) is 0.294. The van der Waals surface area contributed by atoms with Crippen molar-refractivity contribution >= 4 is 39.3 Å². The first-order chi connectivity index (χ1) is 10.6. The van der Waals surface area contributed by atoms with Crippen molar-refractivity contribution in [2.75, 3.05) is 13.7 Å². The molecule has 5 heteroatoms. The summed E-state index contributed by atoms with van der Waals surface area (Å²) < 4.78 is 11.1. The molecule has 0 saturated heterocycles. The SMILES string of the molecule is C=Cc1cc2cc(C(=O)CCC(=O)OCC)sc2cc1OC. The highest BCUT2D eigenvalue weighted by atomic mass is 32.1. The third-order valence-electron chi connectivity index (χ3n) is 3.22. The van der Waals surface area contributed by atoms with Gasteiger partial charge in [-0.3, -0.25) is 9.59 Å². The highest BCUT2D eigenvalue weighted by molar-refractivity contribution is 7.20. The van der Waals surface area contributed by atoms with Gasteiger partial charge >= 0.3 is 5.97 Å². The van der Waals surface area contributed by atoms with Gasteiger partial charge in [-0.25, -0.2) is 0 Å². The molecule has 0 aliphatic carbocycles. The van der Waals surface area contributed by atoms with Gasteiger partial charge in [-0.15, -0.1) is 11.3 Å². The van der Waals surface area contributed by atoms with E-state index in [-0.39, 0.29) is 24.6 Å². The molecule has 2 rings (SSSR count). The maximum atomic E-state index is 12.2. The minimum absolute atomic E-state index is 0.0478. The highest BCUT2D eigenvalue weighted by Crippen LogP contribution is 2.33. The van der Waals surface area contributed by atoms with Gasteiger partial charge in [0.25, 0.3) is 0 Å². The van der Waals surface area contributed by atoms with E-state index in [0.29, 0.717) is 11.5 Å². The molecule has 0 aliphatic heterocycles. The van der Waals surface area contributed by atoms with Gasteiger partial charge in [0, 0.05) is 16.7 Å². The topological polar surface area (TPSA) is 52.6 Å². The van der Waals surface area contributed by atoms with Crippen molar-refractivity contribution in [1.82, 2.24) is 0 Å². The van der Waals surface area contributed by atoms with E-state index in [4.69, 9.17) is 9.47 Å². The van der Waals surface area contributed by atoms with Crippen LogP contribution in [0, 0.1) is 0 Å². The van der Waals surface area contributed by atoms with Crippen molar-refractivity contribution in [3.63, 3.8) is 0 Å². The second-order valence-electron chi connectivity index (χ2n) is 4.67. The van der Waals surface area contributed by atoms with Crippen LogP contribution in [0.15, 0.2) is 24.8 Å². The molecule has 1 heterocycles. The van der Waals surface area contributed by atoms with Crippen molar-refractivity contribution in [2.45, 2.75) is 19.8 Å². The van der Waals surface area contributed by atoms with Crippen molar-refractivity contribution in [1.29, 1.82) is 0 Å². The van der Waals surface area contributed by atoms with Gasteiger partial charge in [0.1, 0.15) is 5.75 Å². The predicted molar refractivity (Wildman–Crippen MR) is 88.7 cm³/mol. The molecule has 1 aromatic carbocycles. The van der Waals surface area contributed by atoms with E-state index in [1.165, 1.54) is 11.3 Å². The number of carbonyl (C=O) groups excluding carboxylic acids is 2. The Morgan fingerprint density at radius 1 is 1.27 bits per heavy atom. The number of ketones is 1. The largest absolute Gasteiger partial charge is 0.496 e. The molecule has 0 bridgehead atoms. The summed E-state index contributed by atoms with van der Waals surface area (Å²) in [4.78, 5) is 24.1. The van der Waals surface area contributed by atoms with Gasteiger partial charge in [0.15, 0.2) is 5.78 Å². The number of methoxy groups -OCH3 is 1. The fourth-order valence-electron chi connectivity index (χ4n) is 2.13. The number of rotatable bonds is 7. The van der Waals surface area contributed by atoms with E-state index in [0.717, 1.165) is 21.4 Å². The second kappa shape index (κ2) is 7.22. The molecule has 1 aromatic heterocycles. The first-order valence-electron chi connectivity index (χ1n) is 7.01. The maximum Gasteiger partial charge on any atom is 0.306 e. The molecule has 116 valence electrons. The van der Waals surface area contributed by atoms with Crippen LogP contribution in [0.25, 0.3) is 16.2 Å². The Morgan fingerprint density at radius 2 is 2.05 bits per heavy atom. The fourth-order valence-corrected chi connectivity index (χ4v) is 3.17. The van der Waals surface area contributed by atoms with Crippen molar-refractivity contribution in [2.24, 2.45) is 0 Å². The quantitative estimate of drug-likeness (QED) is 0.570. The number of carbonyl (C=O) groups is 2. The van der Waals surface area contributed by atoms with Crippen LogP contribution < -0.4 is 4.74 Å². The third kappa shape index (κ3) is 3.54. The minimum Gasteiger partial charge on any atom is -0.496 e. The molecule has 0 amide bonds. The highest BCUT2D eigenvalue weighted by Gasteiger charge is 2.14. The summed E-state index contributed by atoms with van der Waals surface area (Å²) in [6.45, 7) is 5.84. The maximum absolute atomic E-state index is 12.2. The van der Waals surface area contributed by atoms with Crippen LogP contribution in [0.2, 0.25) is 0 Å². The van der Waals surface area contributed by atoms with E-state index in [2.05, 4.69) is 6.58 Å². The summed E-state index contributed by atoms with van der Waals surface area (Å²) >= 11 is 1.40. The lowest BCUT2D eigenvalue weighted by atomic mass is 10.1. The lowest BCUT2D eigenvalue weighted by Crippen LogP contribution is -2.07. The molecular weight excluding hydrogens is 300 g/mol. The molecule has 0 unspecified atom stereocenters. The number of fused-ring (bicyclic) bond motifs is 1. The van der Waals surface area contributed by atoms with Crippen molar-refractivity contribution in [3.8, 4) is 5.75 Å². The summed E-state index contributed by atoms with van der Waals surface area (Å²) in [5, 5.41) is 0.972. The van der Waals surface area contributed by atoms with Crippen LogP contribution in [0.4, 0.5) is 0 Å². The molecule has 0 radical (unpaired) electrons. The number of Topliss-reactive ketones (excluding diaryl/α,β-unsaturated/α-hetero) is 1. The normalized spacial score (nSPS) is 10.5. The van der Waals surface area contributed by atoms with Crippen LogP contribution >= 0.6 is 11.3 Å². The molecule has 0 aliphatic rings. The summed E-state index contributed by atoms with van der Waals surface area (Å²) in [6, 6.07) is 5.69. The lowest BCUT2D eigenvalue weighted by Gasteiger charge is -2.04. The molecule has 0 atom stereocenters. The summed E-state index contributed by atoms with van der Waals surface area (Å²) in [6.07, 6.45) is 2.00. The van der Waals surface area contributed by atoms with Gasteiger partial charge in [-0.05, 0) is 30.5 Å². The Morgan fingerprint density at radius 3 is 2.68 bits per heavy atom. The summed E-state index contributed by atoms with van der Waals surface area (Å²) in [5.41, 5.74) is 0.887. The van der Waals surface area contributed by atoms with E-state index in [9.17, 15) is 9.59 Å². The molecule has 0 spiro atoms. The van der Waals surface area contributed by atoms with Crippen LogP contribution in [0.3, 0.4) is 0 Å². The van der Waals surface area contributed by atoms with Crippen LogP contribution in [-0.2, 0) is 9.53 Å². The molecular formula is C17H18O4S. The first-order valence-corrected chi connectivity index (χ1v) is 7.83. The molecule has 0 saturated carbocycles. The zero-order chi connectivity index (χ0) is 16.1. The molecule has 4 nitrogen and oxygen atoms in total. The number of esters is 1. The number of hydrogen-bond donors (Lipinski definition) is 0. The van der Waals surface area contributed by atoms with Gasteiger partial charge < -0.3 is 9.47 Å². The van der Waals surface area contributed by atoms with E-state index in [1.807, 2.05) is 18.2 Å². The van der Waals surface area contributed by atoms with Gasteiger partial charge in [-0.1, -0.05) is 12.7 Å². The second-order valence-corrected chi connectivity index (χ2v) is 5.76. The summed E-state index contributed by atoms with van der Waals surface area (Å²) in [7, 11) is 1.60. The molecule has 22 heavy (non-hydrogen) atoms. The van der Waals surface area contributed by atoms with Crippen LogP contribution in [0.1, 0.15) is 35.0 Å². The zero-order valence-corrected chi connectivity index (χ0v) is 13.5. The van der Waals surface area contributed by atoms with Crippen molar-refractivity contribution < 1.29 is 19.1 Å². The predicted octanol–water partition coefficient (Wildman–Crippen LogP) is 4.08. The van der Waals surface area contributed by atoms with E-state index in [1.54, 1.807) is 20.1 Å². The molecule has 0 fully saturated rings. The number of benzene rings is 1. The monoisotopic (exact) mass is 318 g/mol. The first kappa shape index (κ1) is 16.2. The van der Waals surface area contributed by atoms with Crippen molar-refractivity contribution in [3.05, 3.63) is 35.2 Å². The minimum atomic E-state index is -0.340. The Kier molecular flexibility index (Phi) is 5.33. The molecule has 2 aromatic rings. The molecule has 0 N–H and O–H groups in total. The van der Waals surface area contributed by atoms with Crippen LogP contribution in [-0.4, -0.2) is 25.5 Å². The average molecular weight is 318 g/mol. The van der Waals surface area contributed by atoms with E-state index >= 15 is 0 Å².